The maximum atomic E-state index is 6.54. The zero-order valence-electron chi connectivity index (χ0n) is 30.4. The number of furan rings is 1. The predicted molar refractivity (Wildman–Crippen MR) is 224 cm³/mol. The third-order valence-corrected chi connectivity index (χ3v) is 12.0. The first-order valence-corrected chi connectivity index (χ1v) is 19.4. The third-order valence-electron chi connectivity index (χ3n) is 12.0. The molecule has 1 spiro atoms. The van der Waals surface area contributed by atoms with Gasteiger partial charge in [0.25, 0.3) is 0 Å². The van der Waals surface area contributed by atoms with Crippen LogP contribution in [0.4, 0.5) is 0 Å². The molecule has 7 aromatic carbocycles. The Morgan fingerprint density at radius 1 is 0.382 bits per heavy atom. The summed E-state index contributed by atoms with van der Waals surface area (Å²) < 4.78 is 6.54. The van der Waals surface area contributed by atoms with Crippen molar-refractivity contribution in [3.05, 3.63) is 175 Å². The number of nitrogens with zero attached hydrogens (tertiary/aromatic N) is 3. The van der Waals surface area contributed by atoms with Crippen molar-refractivity contribution in [3.8, 4) is 67.5 Å². The van der Waals surface area contributed by atoms with Crippen LogP contribution in [0.2, 0.25) is 0 Å². The fourth-order valence-corrected chi connectivity index (χ4v) is 9.32. The standard InChI is InChI=1S/C51H37N3O/c1-4-13-33(14-5-1)34-21-23-36(24-22-34)48-52-49(37-25-27-41-40-17-8-9-19-43(40)51(44(41)31-37)29-10-3-11-30-51)54-50(53-48)38-26-28-42-46(32-38)55-45-20-12-18-39(47(42)45)35-15-6-2-7-16-35/h1-2,4-9,12-28,31-32H,3,10-11,29-30H2. The van der Waals surface area contributed by atoms with Crippen LogP contribution >= 0.6 is 0 Å². The van der Waals surface area contributed by atoms with Gasteiger partial charge in [0.2, 0.25) is 0 Å². The molecule has 2 heterocycles. The van der Waals surface area contributed by atoms with E-state index in [-0.39, 0.29) is 5.41 Å². The molecule has 0 amide bonds. The molecule has 2 aromatic heterocycles. The normalized spacial score (nSPS) is 14.3. The molecule has 4 heteroatoms. The molecule has 0 atom stereocenters. The lowest BCUT2D eigenvalue weighted by molar-refractivity contribution is 0.353. The molecular weight excluding hydrogens is 671 g/mol. The molecule has 0 aliphatic heterocycles. The fraction of sp³-hybridized carbons (Fsp3) is 0.118. The summed E-state index contributed by atoms with van der Waals surface area (Å²) in [5.41, 5.74) is 14.8. The van der Waals surface area contributed by atoms with Gasteiger partial charge in [-0.1, -0.05) is 159 Å². The number of rotatable bonds is 5. The zero-order valence-corrected chi connectivity index (χ0v) is 30.4. The number of hydrogen-bond acceptors (Lipinski definition) is 4. The van der Waals surface area contributed by atoms with Gasteiger partial charge in [-0.2, -0.15) is 0 Å². The lowest BCUT2D eigenvalue weighted by atomic mass is 9.67. The van der Waals surface area contributed by atoms with Gasteiger partial charge in [0, 0.05) is 32.9 Å². The Morgan fingerprint density at radius 3 is 1.71 bits per heavy atom. The zero-order chi connectivity index (χ0) is 36.3. The summed E-state index contributed by atoms with van der Waals surface area (Å²) in [6.07, 6.45) is 6.13. The van der Waals surface area contributed by atoms with Crippen LogP contribution in [-0.4, -0.2) is 15.0 Å². The van der Waals surface area contributed by atoms with Crippen molar-refractivity contribution in [1.29, 1.82) is 0 Å². The van der Waals surface area contributed by atoms with E-state index in [2.05, 4.69) is 146 Å². The Morgan fingerprint density at radius 2 is 0.945 bits per heavy atom. The summed E-state index contributed by atoms with van der Waals surface area (Å²) in [5.74, 6) is 1.94. The number of benzene rings is 7. The van der Waals surface area contributed by atoms with Crippen LogP contribution in [0.5, 0.6) is 0 Å². The summed E-state index contributed by atoms with van der Waals surface area (Å²) in [5, 5.41) is 2.18. The Balaban J connectivity index is 1.07. The number of aromatic nitrogens is 3. The average Bonchev–Trinajstić information content (AvgIpc) is 3.77. The van der Waals surface area contributed by atoms with Crippen LogP contribution in [0.25, 0.3) is 89.5 Å². The smallest absolute Gasteiger partial charge is 0.164 e. The van der Waals surface area contributed by atoms with Gasteiger partial charge in [-0.05, 0) is 81.6 Å². The fourth-order valence-electron chi connectivity index (χ4n) is 9.32. The molecule has 0 N–H and O–H groups in total. The molecule has 0 unspecified atom stereocenters. The van der Waals surface area contributed by atoms with E-state index in [9.17, 15) is 0 Å². The minimum Gasteiger partial charge on any atom is -0.456 e. The molecule has 4 nitrogen and oxygen atoms in total. The molecule has 55 heavy (non-hydrogen) atoms. The third kappa shape index (κ3) is 5.24. The molecule has 2 aliphatic carbocycles. The van der Waals surface area contributed by atoms with E-state index in [1.54, 1.807) is 0 Å². The summed E-state index contributed by atoms with van der Waals surface area (Å²) in [6, 6.07) is 58.1. The highest BCUT2D eigenvalue weighted by Crippen LogP contribution is 2.56. The van der Waals surface area contributed by atoms with Gasteiger partial charge in [-0.3, -0.25) is 0 Å². The Kier molecular flexibility index (Phi) is 7.38. The monoisotopic (exact) mass is 707 g/mol. The highest BCUT2D eigenvalue weighted by atomic mass is 16.3. The largest absolute Gasteiger partial charge is 0.456 e. The minimum atomic E-state index is 0.0388. The summed E-state index contributed by atoms with van der Waals surface area (Å²) in [4.78, 5) is 15.6. The summed E-state index contributed by atoms with van der Waals surface area (Å²) in [6.45, 7) is 0. The summed E-state index contributed by atoms with van der Waals surface area (Å²) in [7, 11) is 0. The highest BCUT2D eigenvalue weighted by Gasteiger charge is 2.43. The van der Waals surface area contributed by atoms with Gasteiger partial charge >= 0.3 is 0 Å². The second-order valence-corrected chi connectivity index (χ2v) is 15.1. The van der Waals surface area contributed by atoms with Gasteiger partial charge in [0.1, 0.15) is 11.2 Å². The lowest BCUT2D eigenvalue weighted by Crippen LogP contribution is -2.28. The van der Waals surface area contributed by atoms with E-state index in [1.807, 2.05) is 18.2 Å². The van der Waals surface area contributed by atoms with Crippen LogP contribution < -0.4 is 0 Å². The SMILES string of the molecule is c1ccc(-c2ccc(-c3nc(-c4ccc5c(c4)C4(CCCCC4)c4ccccc4-5)nc(-c4ccc5c(c4)oc4cccc(-c6ccccc6)c45)n3)cc2)cc1. The Labute approximate surface area is 320 Å². The molecule has 1 fully saturated rings. The van der Waals surface area contributed by atoms with E-state index < -0.39 is 0 Å². The van der Waals surface area contributed by atoms with Crippen molar-refractivity contribution in [2.45, 2.75) is 37.5 Å². The first-order chi connectivity index (χ1) is 27.2. The van der Waals surface area contributed by atoms with Gasteiger partial charge in [-0.25, -0.2) is 15.0 Å². The number of fused-ring (bicyclic) bond motifs is 8. The maximum absolute atomic E-state index is 6.54. The molecule has 2 aliphatic rings. The minimum absolute atomic E-state index is 0.0388. The predicted octanol–water partition coefficient (Wildman–Crippen LogP) is 13.3. The molecule has 0 saturated heterocycles. The Bertz CT molecular complexity index is 2890. The van der Waals surface area contributed by atoms with Crippen molar-refractivity contribution in [1.82, 2.24) is 15.0 Å². The second-order valence-electron chi connectivity index (χ2n) is 15.1. The van der Waals surface area contributed by atoms with E-state index in [1.165, 1.54) is 59.9 Å². The topological polar surface area (TPSA) is 51.8 Å². The number of hydrogen-bond donors (Lipinski definition) is 0. The van der Waals surface area contributed by atoms with Gasteiger partial charge in [0.15, 0.2) is 17.5 Å². The van der Waals surface area contributed by atoms with Crippen molar-refractivity contribution < 1.29 is 4.42 Å². The van der Waals surface area contributed by atoms with E-state index in [4.69, 9.17) is 19.4 Å². The average molecular weight is 708 g/mol. The first-order valence-electron chi connectivity index (χ1n) is 19.4. The van der Waals surface area contributed by atoms with Crippen LogP contribution in [0.1, 0.15) is 43.2 Å². The van der Waals surface area contributed by atoms with E-state index in [0.717, 1.165) is 55.3 Å². The van der Waals surface area contributed by atoms with Crippen molar-refractivity contribution in [3.63, 3.8) is 0 Å². The molecule has 262 valence electrons. The van der Waals surface area contributed by atoms with E-state index >= 15 is 0 Å². The lowest BCUT2D eigenvalue weighted by Gasteiger charge is -2.36. The molecule has 0 radical (unpaired) electrons. The van der Waals surface area contributed by atoms with E-state index in [0.29, 0.717) is 17.5 Å². The van der Waals surface area contributed by atoms with Crippen molar-refractivity contribution in [2.24, 2.45) is 0 Å². The van der Waals surface area contributed by atoms with Crippen LogP contribution in [-0.2, 0) is 5.41 Å². The van der Waals surface area contributed by atoms with Crippen LogP contribution in [0, 0.1) is 0 Å². The first kappa shape index (κ1) is 31.8. The molecule has 11 rings (SSSR count). The van der Waals surface area contributed by atoms with Gasteiger partial charge in [-0.15, -0.1) is 0 Å². The molecular formula is C51H37N3O. The molecule has 1 saturated carbocycles. The highest BCUT2D eigenvalue weighted by molar-refractivity contribution is 6.13. The molecule has 9 aromatic rings. The second kappa shape index (κ2) is 12.7. The van der Waals surface area contributed by atoms with Gasteiger partial charge < -0.3 is 4.42 Å². The van der Waals surface area contributed by atoms with Crippen molar-refractivity contribution >= 4 is 21.9 Å². The Hall–Kier alpha value is -6.65. The summed E-state index contributed by atoms with van der Waals surface area (Å²) >= 11 is 0. The van der Waals surface area contributed by atoms with Crippen molar-refractivity contribution in [2.75, 3.05) is 0 Å². The quantitative estimate of drug-likeness (QED) is 0.179. The van der Waals surface area contributed by atoms with Crippen LogP contribution in [0.3, 0.4) is 0 Å². The maximum Gasteiger partial charge on any atom is 0.164 e. The molecule has 0 bridgehead atoms. The van der Waals surface area contributed by atoms with Gasteiger partial charge in [0.05, 0.1) is 0 Å². The van der Waals surface area contributed by atoms with Crippen LogP contribution in [0.15, 0.2) is 168 Å².